The SMILES string of the molecule is O=C(CNc1ccccc1[N+](=O)[O-])N1CCC(C(=O)O)(c2ccccc2)CC1. The normalized spacial score (nSPS) is 15.6. The molecule has 8 nitrogen and oxygen atoms in total. The van der Waals surface area contributed by atoms with Crippen LogP contribution in [0, 0.1) is 10.1 Å². The van der Waals surface area contributed by atoms with Crippen LogP contribution in [0.25, 0.3) is 0 Å². The summed E-state index contributed by atoms with van der Waals surface area (Å²) in [6, 6.07) is 15.2. The van der Waals surface area contributed by atoms with Gasteiger partial charge in [-0.25, -0.2) is 0 Å². The molecule has 2 N–H and O–H groups in total. The lowest BCUT2D eigenvalue weighted by Gasteiger charge is -2.39. The molecular formula is C20H21N3O5. The molecule has 0 aromatic heterocycles. The summed E-state index contributed by atoms with van der Waals surface area (Å²) in [5, 5.41) is 23.7. The van der Waals surface area contributed by atoms with E-state index < -0.39 is 16.3 Å². The Bertz CT molecular complexity index is 876. The molecule has 0 atom stereocenters. The summed E-state index contributed by atoms with van der Waals surface area (Å²) in [6.45, 7) is 0.549. The number of carboxylic acids is 1. The molecule has 1 heterocycles. The van der Waals surface area contributed by atoms with Crippen molar-refractivity contribution in [3.8, 4) is 0 Å². The van der Waals surface area contributed by atoms with E-state index in [0.717, 1.165) is 5.56 Å². The summed E-state index contributed by atoms with van der Waals surface area (Å²) >= 11 is 0. The van der Waals surface area contributed by atoms with Crippen LogP contribution in [0.2, 0.25) is 0 Å². The van der Waals surface area contributed by atoms with Gasteiger partial charge in [-0.3, -0.25) is 19.7 Å². The lowest BCUT2D eigenvalue weighted by molar-refractivity contribution is -0.383. The van der Waals surface area contributed by atoms with E-state index in [9.17, 15) is 24.8 Å². The Morgan fingerprint density at radius 3 is 2.29 bits per heavy atom. The molecule has 1 aliphatic rings. The summed E-state index contributed by atoms with van der Waals surface area (Å²) in [7, 11) is 0. The number of carbonyl (C=O) groups is 2. The highest BCUT2D eigenvalue weighted by Crippen LogP contribution is 2.36. The first-order valence-corrected chi connectivity index (χ1v) is 8.98. The number of carbonyl (C=O) groups excluding carboxylic acids is 1. The second-order valence-corrected chi connectivity index (χ2v) is 6.76. The largest absolute Gasteiger partial charge is 0.481 e. The van der Waals surface area contributed by atoms with Crippen LogP contribution < -0.4 is 5.32 Å². The van der Waals surface area contributed by atoms with Crippen molar-refractivity contribution in [1.29, 1.82) is 0 Å². The molecule has 1 saturated heterocycles. The molecule has 2 aromatic carbocycles. The first-order chi connectivity index (χ1) is 13.4. The highest BCUT2D eigenvalue weighted by atomic mass is 16.6. The summed E-state index contributed by atoms with van der Waals surface area (Å²) in [5.74, 6) is -1.10. The zero-order chi connectivity index (χ0) is 20.1. The second kappa shape index (κ2) is 8.08. The fraction of sp³-hybridized carbons (Fsp3) is 0.300. The Kier molecular flexibility index (Phi) is 5.58. The fourth-order valence-electron chi connectivity index (χ4n) is 3.59. The lowest BCUT2D eigenvalue weighted by atomic mass is 9.73. The van der Waals surface area contributed by atoms with Crippen LogP contribution in [0.1, 0.15) is 18.4 Å². The molecule has 2 aromatic rings. The molecule has 0 unspecified atom stereocenters. The molecule has 3 rings (SSSR count). The van der Waals surface area contributed by atoms with Crippen LogP contribution in [0.5, 0.6) is 0 Å². The van der Waals surface area contributed by atoms with E-state index in [4.69, 9.17) is 0 Å². The number of hydrogen-bond acceptors (Lipinski definition) is 5. The van der Waals surface area contributed by atoms with E-state index in [1.807, 2.05) is 30.3 Å². The minimum atomic E-state index is -0.996. The van der Waals surface area contributed by atoms with E-state index in [1.165, 1.54) is 6.07 Å². The summed E-state index contributed by atoms with van der Waals surface area (Å²) < 4.78 is 0. The zero-order valence-corrected chi connectivity index (χ0v) is 15.2. The molecule has 0 saturated carbocycles. The van der Waals surface area contributed by atoms with Gasteiger partial charge in [-0.1, -0.05) is 42.5 Å². The average molecular weight is 383 g/mol. The number of carboxylic acid groups (broad SMARTS) is 1. The standard InChI is InChI=1S/C20H21N3O5/c24-18(14-21-16-8-4-5-9-17(16)23(27)28)22-12-10-20(11-13-22,19(25)26)15-6-2-1-3-7-15/h1-9,21H,10-14H2,(H,25,26). The van der Waals surface area contributed by atoms with Gasteiger partial charge in [0.2, 0.25) is 5.91 Å². The molecular weight excluding hydrogens is 362 g/mol. The molecule has 0 aliphatic carbocycles. The highest BCUT2D eigenvalue weighted by molar-refractivity contribution is 5.84. The van der Waals surface area contributed by atoms with Gasteiger partial charge < -0.3 is 15.3 Å². The Balaban J connectivity index is 1.64. The number of nitrogens with one attached hydrogen (secondary N) is 1. The number of aliphatic carboxylic acids is 1. The van der Waals surface area contributed by atoms with E-state index >= 15 is 0 Å². The van der Waals surface area contributed by atoms with Gasteiger partial charge >= 0.3 is 5.97 Å². The van der Waals surface area contributed by atoms with Crippen molar-refractivity contribution in [2.75, 3.05) is 25.0 Å². The van der Waals surface area contributed by atoms with Crippen LogP contribution in [0.3, 0.4) is 0 Å². The highest BCUT2D eigenvalue weighted by Gasteiger charge is 2.43. The lowest BCUT2D eigenvalue weighted by Crippen LogP contribution is -2.50. The van der Waals surface area contributed by atoms with Gasteiger partial charge in [0.25, 0.3) is 5.69 Å². The van der Waals surface area contributed by atoms with E-state index in [-0.39, 0.29) is 23.8 Å². The number of nitrogens with zero attached hydrogens (tertiary/aromatic N) is 2. The number of para-hydroxylation sites is 2. The minimum Gasteiger partial charge on any atom is -0.481 e. The van der Waals surface area contributed by atoms with Crippen molar-refractivity contribution in [2.24, 2.45) is 0 Å². The van der Waals surface area contributed by atoms with Gasteiger partial charge in [-0.05, 0) is 24.5 Å². The van der Waals surface area contributed by atoms with Gasteiger partial charge in [-0.15, -0.1) is 0 Å². The Morgan fingerprint density at radius 2 is 1.68 bits per heavy atom. The Labute approximate surface area is 161 Å². The van der Waals surface area contributed by atoms with Gasteiger partial charge in [0.15, 0.2) is 0 Å². The number of nitro benzene ring substituents is 1. The van der Waals surface area contributed by atoms with Gasteiger partial charge in [0, 0.05) is 19.2 Å². The number of rotatable bonds is 6. The first kappa shape index (κ1) is 19.3. The van der Waals surface area contributed by atoms with Gasteiger partial charge in [0.1, 0.15) is 5.69 Å². The van der Waals surface area contributed by atoms with Gasteiger partial charge in [-0.2, -0.15) is 0 Å². The molecule has 1 aliphatic heterocycles. The van der Waals surface area contributed by atoms with Crippen LogP contribution in [0.15, 0.2) is 54.6 Å². The summed E-state index contributed by atoms with van der Waals surface area (Å²) in [6.07, 6.45) is 0.646. The summed E-state index contributed by atoms with van der Waals surface area (Å²) in [5.41, 5.74) is -0.0680. The quantitative estimate of drug-likeness (QED) is 0.586. The molecule has 0 radical (unpaired) electrons. The van der Waals surface area contributed by atoms with Crippen molar-refractivity contribution in [2.45, 2.75) is 18.3 Å². The third-order valence-electron chi connectivity index (χ3n) is 5.24. The number of likely N-dealkylation sites (tertiary alicyclic amines) is 1. The third-order valence-corrected chi connectivity index (χ3v) is 5.24. The summed E-state index contributed by atoms with van der Waals surface area (Å²) in [4.78, 5) is 36.7. The molecule has 1 amide bonds. The number of hydrogen-bond donors (Lipinski definition) is 2. The molecule has 28 heavy (non-hydrogen) atoms. The predicted octanol–water partition coefficient (Wildman–Crippen LogP) is 2.65. The fourth-order valence-corrected chi connectivity index (χ4v) is 3.59. The maximum absolute atomic E-state index is 12.5. The molecule has 146 valence electrons. The van der Waals surface area contributed by atoms with E-state index in [2.05, 4.69) is 5.32 Å². The topological polar surface area (TPSA) is 113 Å². The maximum atomic E-state index is 12.5. The van der Waals surface area contributed by atoms with Crippen LogP contribution in [-0.2, 0) is 15.0 Å². The average Bonchev–Trinajstić information content (AvgIpc) is 2.72. The number of amides is 1. The predicted molar refractivity (Wildman–Crippen MR) is 103 cm³/mol. The van der Waals surface area contributed by atoms with Crippen molar-refractivity contribution < 1.29 is 19.6 Å². The molecule has 0 bridgehead atoms. The van der Waals surface area contributed by atoms with Crippen LogP contribution in [0.4, 0.5) is 11.4 Å². The molecule has 1 fully saturated rings. The number of benzene rings is 2. The first-order valence-electron chi connectivity index (χ1n) is 8.98. The monoisotopic (exact) mass is 383 g/mol. The Hall–Kier alpha value is -3.42. The van der Waals surface area contributed by atoms with Crippen molar-refractivity contribution in [3.05, 3.63) is 70.3 Å². The molecule has 0 spiro atoms. The second-order valence-electron chi connectivity index (χ2n) is 6.76. The van der Waals surface area contributed by atoms with Crippen molar-refractivity contribution in [3.63, 3.8) is 0 Å². The van der Waals surface area contributed by atoms with E-state index in [0.29, 0.717) is 25.9 Å². The van der Waals surface area contributed by atoms with Crippen LogP contribution >= 0.6 is 0 Å². The third kappa shape index (κ3) is 3.80. The van der Waals surface area contributed by atoms with Crippen LogP contribution in [-0.4, -0.2) is 46.4 Å². The number of anilines is 1. The Morgan fingerprint density at radius 1 is 1.07 bits per heavy atom. The molecule has 8 heteroatoms. The van der Waals surface area contributed by atoms with Crippen molar-refractivity contribution >= 4 is 23.3 Å². The smallest absolute Gasteiger partial charge is 0.314 e. The maximum Gasteiger partial charge on any atom is 0.314 e. The minimum absolute atomic E-state index is 0.0870. The number of piperidine rings is 1. The zero-order valence-electron chi connectivity index (χ0n) is 15.2. The van der Waals surface area contributed by atoms with E-state index in [1.54, 1.807) is 23.1 Å². The number of nitro groups is 1. The van der Waals surface area contributed by atoms with Gasteiger partial charge in [0.05, 0.1) is 16.9 Å². The van der Waals surface area contributed by atoms with Crippen molar-refractivity contribution in [1.82, 2.24) is 4.90 Å².